The number of aliphatic imine (C=N–C) groups is 1. The van der Waals surface area contributed by atoms with Crippen LogP contribution in [-0.2, 0) is 4.84 Å². The molecule has 0 bridgehead atoms. The summed E-state index contributed by atoms with van der Waals surface area (Å²) in [5.41, 5.74) is 2.39. The van der Waals surface area contributed by atoms with Gasteiger partial charge in [-0.2, -0.15) is 5.90 Å². The van der Waals surface area contributed by atoms with Crippen LogP contribution in [0.5, 0.6) is 5.75 Å². The van der Waals surface area contributed by atoms with Crippen molar-refractivity contribution in [3.8, 4) is 28.2 Å². The molecule has 1 saturated carbocycles. The Morgan fingerprint density at radius 2 is 1.79 bits per heavy atom. The van der Waals surface area contributed by atoms with E-state index in [2.05, 4.69) is 27.0 Å². The molecular weight excluding hydrogens is 563 g/mol. The molecule has 1 aliphatic carbocycles. The van der Waals surface area contributed by atoms with Gasteiger partial charge < -0.3 is 24.6 Å². The molecule has 1 aliphatic rings. The van der Waals surface area contributed by atoms with Crippen molar-refractivity contribution in [2.24, 2.45) is 10.9 Å². The van der Waals surface area contributed by atoms with Gasteiger partial charge in [0.15, 0.2) is 0 Å². The van der Waals surface area contributed by atoms with E-state index in [1.807, 2.05) is 0 Å². The summed E-state index contributed by atoms with van der Waals surface area (Å²) in [5, 5.41) is 6.51. The zero-order valence-corrected chi connectivity index (χ0v) is 23.9. The molecule has 2 amide bonds. The van der Waals surface area contributed by atoms with Crippen LogP contribution in [0.25, 0.3) is 33.4 Å². The number of nitrogens with one attached hydrogen (secondary N) is 2. The number of nitrogens with zero attached hydrogens (tertiary/aromatic N) is 1. The highest BCUT2D eigenvalue weighted by atomic mass is 35.5. The molecule has 1 fully saturated rings. The minimum absolute atomic E-state index is 0.222. The highest BCUT2D eigenvalue weighted by molar-refractivity contribution is 6.34. The lowest BCUT2D eigenvalue weighted by molar-refractivity contribution is 0.0932. The van der Waals surface area contributed by atoms with E-state index in [9.17, 15) is 14.0 Å². The van der Waals surface area contributed by atoms with Crippen molar-refractivity contribution in [2.45, 2.75) is 25.3 Å². The molecule has 5 rings (SSSR count). The fourth-order valence-electron chi connectivity index (χ4n) is 4.76. The molecule has 3 aromatic carbocycles. The van der Waals surface area contributed by atoms with Crippen molar-refractivity contribution in [1.29, 1.82) is 0 Å². The number of rotatable bonds is 8. The van der Waals surface area contributed by atoms with E-state index in [1.54, 1.807) is 49.4 Å². The first kappa shape index (κ1) is 28.8. The van der Waals surface area contributed by atoms with Crippen LogP contribution in [0, 0.1) is 5.82 Å². The first-order valence-electron chi connectivity index (χ1n) is 13.0. The molecular formula is C31H28ClFN4O5. The minimum atomic E-state index is -0.726. The Balaban J connectivity index is 1.57. The van der Waals surface area contributed by atoms with E-state index in [-0.39, 0.29) is 28.7 Å². The number of methoxy groups -OCH3 is 1. The lowest BCUT2D eigenvalue weighted by atomic mass is 9.98. The van der Waals surface area contributed by atoms with Crippen molar-refractivity contribution < 1.29 is 28.0 Å². The van der Waals surface area contributed by atoms with Gasteiger partial charge in [0.25, 0.3) is 11.8 Å². The molecule has 4 N–H and O–H groups in total. The fourth-order valence-corrected chi connectivity index (χ4v) is 5.02. The average molecular weight is 591 g/mol. The summed E-state index contributed by atoms with van der Waals surface area (Å²) in [5.74, 6) is 4.79. The zero-order chi connectivity index (χ0) is 30.2. The SMILES string of the molecule is C=C(N=C(C)ON)C1(NC(=O)c2cc(-c3ccc4oc(-c5ccc(F)cc5)c(C(=O)NC)c4c3)c(Cl)cc2OC)CC1. The normalized spacial score (nSPS) is 13.9. The molecule has 0 atom stereocenters. The third kappa shape index (κ3) is 5.34. The summed E-state index contributed by atoms with van der Waals surface area (Å²) in [6.07, 6.45) is 1.30. The fraction of sp³-hybridized carbons (Fsp3) is 0.194. The topological polar surface area (TPSA) is 128 Å². The highest BCUT2D eigenvalue weighted by Crippen LogP contribution is 2.44. The molecule has 0 aliphatic heterocycles. The summed E-state index contributed by atoms with van der Waals surface area (Å²) in [6.45, 7) is 5.57. The van der Waals surface area contributed by atoms with E-state index >= 15 is 0 Å². The maximum Gasteiger partial charge on any atom is 0.255 e. The molecule has 0 radical (unpaired) electrons. The van der Waals surface area contributed by atoms with Crippen LogP contribution < -0.4 is 21.3 Å². The van der Waals surface area contributed by atoms with Crippen LogP contribution in [0.4, 0.5) is 4.39 Å². The highest BCUT2D eigenvalue weighted by Gasteiger charge is 2.47. The van der Waals surface area contributed by atoms with E-state index in [4.69, 9.17) is 26.7 Å². The number of halogens is 2. The number of hydrogen-bond acceptors (Lipinski definition) is 7. The number of nitrogens with two attached hydrogens (primary N) is 1. The number of fused-ring (bicyclic) bond motifs is 1. The molecule has 1 aromatic heterocycles. The molecule has 11 heteroatoms. The van der Waals surface area contributed by atoms with Gasteiger partial charge in [-0.05, 0) is 60.9 Å². The predicted octanol–water partition coefficient (Wildman–Crippen LogP) is 6.01. The molecule has 1 heterocycles. The summed E-state index contributed by atoms with van der Waals surface area (Å²) in [6, 6.07) is 14.1. The maximum atomic E-state index is 13.6. The number of carbonyl (C=O) groups excluding carboxylic acids is 2. The van der Waals surface area contributed by atoms with Gasteiger partial charge in [0, 0.05) is 36.6 Å². The van der Waals surface area contributed by atoms with E-state index in [0.717, 1.165) is 0 Å². The molecule has 9 nitrogen and oxygen atoms in total. The Labute approximate surface area is 246 Å². The van der Waals surface area contributed by atoms with Crippen LogP contribution in [0.3, 0.4) is 0 Å². The lowest BCUT2D eigenvalue weighted by Gasteiger charge is -2.19. The monoisotopic (exact) mass is 590 g/mol. The molecule has 4 aromatic rings. The standard InChI is InChI=1S/C31H28ClFN4O5/c1-16(36-17(2)42-34)31(11-12-31)37-29(38)23-14-21(24(32)15-26(23)40-4)19-7-10-25-22(13-19)27(30(39)35-3)28(41-25)18-5-8-20(33)9-6-18/h5-10,13-15H,1,11-12,34H2,2-4H3,(H,35,39)(H,37,38). The van der Waals surface area contributed by atoms with Gasteiger partial charge in [-0.1, -0.05) is 24.2 Å². The van der Waals surface area contributed by atoms with Gasteiger partial charge in [-0.3, -0.25) is 9.59 Å². The van der Waals surface area contributed by atoms with Crippen LogP contribution in [0.2, 0.25) is 5.02 Å². The molecule has 0 saturated heterocycles. The second kappa shape index (κ2) is 11.3. The van der Waals surface area contributed by atoms with Crippen molar-refractivity contribution >= 4 is 40.3 Å². The van der Waals surface area contributed by atoms with Gasteiger partial charge in [-0.25, -0.2) is 9.38 Å². The minimum Gasteiger partial charge on any atom is -0.496 e. The second-order valence-corrected chi connectivity index (χ2v) is 10.3. The van der Waals surface area contributed by atoms with Crippen LogP contribution in [-0.4, -0.2) is 37.4 Å². The summed E-state index contributed by atoms with van der Waals surface area (Å²) >= 11 is 6.68. The molecule has 0 unspecified atom stereocenters. The first-order chi connectivity index (χ1) is 20.1. The van der Waals surface area contributed by atoms with E-state index in [1.165, 1.54) is 26.3 Å². The summed E-state index contributed by atoms with van der Waals surface area (Å²) in [4.78, 5) is 35.4. The predicted molar refractivity (Wildman–Crippen MR) is 159 cm³/mol. The lowest BCUT2D eigenvalue weighted by Crippen LogP contribution is -2.38. The Morgan fingerprint density at radius 1 is 1.10 bits per heavy atom. The summed E-state index contributed by atoms with van der Waals surface area (Å²) < 4.78 is 25.1. The largest absolute Gasteiger partial charge is 0.496 e. The van der Waals surface area contributed by atoms with Gasteiger partial charge in [0.2, 0.25) is 5.90 Å². The first-order valence-corrected chi connectivity index (χ1v) is 13.3. The zero-order valence-electron chi connectivity index (χ0n) is 23.1. The van der Waals surface area contributed by atoms with Crippen molar-refractivity contribution in [2.75, 3.05) is 14.2 Å². The molecule has 216 valence electrons. The van der Waals surface area contributed by atoms with Crippen LogP contribution in [0.15, 0.2) is 76.3 Å². The van der Waals surface area contributed by atoms with Crippen LogP contribution >= 0.6 is 11.6 Å². The Morgan fingerprint density at radius 3 is 2.40 bits per heavy atom. The summed E-state index contributed by atoms with van der Waals surface area (Å²) in [7, 11) is 2.96. The van der Waals surface area contributed by atoms with E-state index < -0.39 is 17.3 Å². The third-order valence-electron chi connectivity index (χ3n) is 7.21. The van der Waals surface area contributed by atoms with Gasteiger partial charge in [-0.15, -0.1) is 0 Å². The number of amides is 2. The van der Waals surface area contributed by atoms with Gasteiger partial charge >= 0.3 is 0 Å². The second-order valence-electron chi connectivity index (χ2n) is 9.87. The number of furan rings is 1. The van der Waals surface area contributed by atoms with Crippen molar-refractivity contribution in [3.63, 3.8) is 0 Å². The Kier molecular flexibility index (Phi) is 7.77. The van der Waals surface area contributed by atoms with Gasteiger partial charge in [0.05, 0.1) is 34.5 Å². The Hall–Kier alpha value is -4.67. The Bertz CT molecular complexity index is 1760. The number of hydrogen-bond donors (Lipinski definition) is 3. The van der Waals surface area contributed by atoms with Crippen LogP contribution in [0.1, 0.15) is 40.5 Å². The van der Waals surface area contributed by atoms with Gasteiger partial charge in [0.1, 0.15) is 22.9 Å². The number of ether oxygens (including phenoxy) is 1. The smallest absolute Gasteiger partial charge is 0.255 e. The average Bonchev–Trinajstić information content (AvgIpc) is 3.68. The number of benzene rings is 3. The quantitative estimate of drug-likeness (QED) is 0.131. The van der Waals surface area contributed by atoms with Crippen molar-refractivity contribution in [1.82, 2.24) is 10.6 Å². The molecule has 0 spiro atoms. The van der Waals surface area contributed by atoms with E-state index in [0.29, 0.717) is 57.0 Å². The third-order valence-corrected chi connectivity index (χ3v) is 7.52. The van der Waals surface area contributed by atoms with Crippen molar-refractivity contribution in [3.05, 3.63) is 88.8 Å². The number of carbonyl (C=O) groups is 2. The maximum absolute atomic E-state index is 13.6. The molecule has 42 heavy (non-hydrogen) atoms.